The fraction of sp³-hybridized carbons (Fsp3) is 0.385. The zero-order chi connectivity index (χ0) is 25.5. The molecule has 0 radical (unpaired) electrons. The lowest BCUT2D eigenvalue weighted by atomic mass is 10.1. The van der Waals surface area contributed by atoms with Crippen molar-refractivity contribution in [1.82, 2.24) is 9.97 Å². The van der Waals surface area contributed by atoms with Crippen molar-refractivity contribution in [2.45, 2.75) is 55.3 Å². The van der Waals surface area contributed by atoms with Crippen LogP contribution in [-0.4, -0.2) is 36.5 Å². The molecule has 2 atom stereocenters. The lowest BCUT2D eigenvalue weighted by Crippen LogP contribution is -2.16. The Morgan fingerprint density at radius 3 is 2.53 bits per heavy atom. The molecule has 1 aliphatic heterocycles. The molecule has 2 N–H and O–H groups in total. The molecule has 5 rings (SSSR count). The number of para-hydroxylation sites is 1. The van der Waals surface area contributed by atoms with Gasteiger partial charge in [0, 0.05) is 30.3 Å². The van der Waals surface area contributed by atoms with Crippen LogP contribution in [0.2, 0.25) is 0 Å². The van der Waals surface area contributed by atoms with Gasteiger partial charge in [-0.3, -0.25) is 4.57 Å². The van der Waals surface area contributed by atoms with Crippen molar-refractivity contribution < 1.29 is 17.5 Å². The minimum atomic E-state index is -3.48. The summed E-state index contributed by atoms with van der Waals surface area (Å²) in [6.07, 6.45) is 5.06. The maximum absolute atomic E-state index is 13.0. The number of nitrogens with zero attached hydrogens (tertiary/aromatic N) is 2. The van der Waals surface area contributed by atoms with Gasteiger partial charge in [0.2, 0.25) is 13.3 Å². The molecule has 2 fully saturated rings. The number of aromatic nitrogens is 2. The molecule has 0 amide bonds. The summed E-state index contributed by atoms with van der Waals surface area (Å²) >= 11 is 0. The van der Waals surface area contributed by atoms with Crippen LogP contribution in [0.15, 0.2) is 59.6 Å². The highest BCUT2D eigenvalue weighted by molar-refractivity contribution is 7.92. The average Bonchev–Trinajstić information content (AvgIpc) is 3.61. The van der Waals surface area contributed by atoms with E-state index in [-0.39, 0.29) is 11.0 Å². The Hall–Kier alpha value is -2.74. The minimum Gasteiger partial charge on any atom is -0.339 e. The van der Waals surface area contributed by atoms with Crippen molar-refractivity contribution in [3.8, 4) is 0 Å². The largest absolute Gasteiger partial charge is 0.339 e. The van der Waals surface area contributed by atoms with Gasteiger partial charge in [-0.2, -0.15) is 4.98 Å². The average molecular weight is 527 g/mol. The number of benzene rings is 2. The zero-order valence-electron chi connectivity index (χ0n) is 20.6. The number of rotatable bonds is 8. The molecule has 2 heterocycles. The van der Waals surface area contributed by atoms with Crippen molar-refractivity contribution in [3.63, 3.8) is 0 Å². The van der Waals surface area contributed by atoms with Crippen LogP contribution in [0.1, 0.15) is 56.3 Å². The van der Waals surface area contributed by atoms with Gasteiger partial charge in [-0.25, -0.2) is 13.4 Å². The van der Waals surface area contributed by atoms with Crippen molar-refractivity contribution in [2.24, 2.45) is 0 Å². The second-order valence-corrected chi connectivity index (χ2v) is 15.0. The van der Waals surface area contributed by atoms with E-state index in [1.165, 1.54) is 0 Å². The van der Waals surface area contributed by atoms with Crippen LogP contribution in [0.4, 0.5) is 23.1 Å². The van der Waals surface area contributed by atoms with E-state index in [9.17, 15) is 13.0 Å². The van der Waals surface area contributed by atoms with Gasteiger partial charge in [-0.15, -0.1) is 0 Å². The first-order valence-electron chi connectivity index (χ1n) is 12.2. The second kappa shape index (κ2) is 9.61. The maximum atomic E-state index is 13.0. The molecule has 2 aromatic carbocycles. The number of sulfone groups is 1. The minimum absolute atomic E-state index is 0.183. The van der Waals surface area contributed by atoms with Gasteiger partial charge in [-0.1, -0.05) is 24.3 Å². The molecule has 1 aromatic heterocycles. The van der Waals surface area contributed by atoms with Crippen LogP contribution in [0.5, 0.6) is 0 Å². The molecule has 3 aromatic rings. The first-order valence-corrected chi connectivity index (χ1v) is 16.0. The Balaban J connectivity index is 1.43. The summed E-state index contributed by atoms with van der Waals surface area (Å²) in [6.45, 7) is 5.04. The molecular weight excluding hydrogens is 495 g/mol. The summed E-state index contributed by atoms with van der Waals surface area (Å²) in [5.74, 6) is 1.36. The van der Waals surface area contributed by atoms with Crippen molar-refractivity contribution in [3.05, 3.63) is 65.9 Å². The van der Waals surface area contributed by atoms with E-state index in [1.54, 1.807) is 38.7 Å². The van der Waals surface area contributed by atoms with Crippen LogP contribution in [0.25, 0.3) is 0 Å². The molecule has 10 heteroatoms. The topological polar surface area (TPSA) is 110 Å². The molecule has 1 aliphatic carbocycles. The summed E-state index contributed by atoms with van der Waals surface area (Å²) in [6, 6.07) is 14.7. The van der Waals surface area contributed by atoms with E-state index < -0.39 is 22.5 Å². The predicted molar refractivity (Wildman–Crippen MR) is 143 cm³/mol. The van der Waals surface area contributed by atoms with E-state index in [4.69, 9.17) is 9.51 Å². The van der Waals surface area contributed by atoms with Crippen LogP contribution in [0, 0.1) is 0 Å². The smallest absolute Gasteiger partial charge is 0.229 e. The van der Waals surface area contributed by atoms with Crippen molar-refractivity contribution in [2.75, 3.05) is 23.5 Å². The van der Waals surface area contributed by atoms with Gasteiger partial charge in [0.05, 0.1) is 21.9 Å². The summed E-state index contributed by atoms with van der Waals surface area (Å²) < 4.78 is 43.9. The van der Waals surface area contributed by atoms with Gasteiger partial charge < -0.3 is 15.2 Å². The summed E-state index contributed by atoms with van der Waals surface area (Å²) in [7, 11) is -5.99. The predicted octanol–water partition coefficient (Wildman–Crippen LogP) is 6.39. The van der Waals surface area contributed by atoms with Crippen LogP contribution >= 0.6 is 7.37 Å². The molecule has 0 bridgehead atoms. The van der Waals surface area contributed by atoms with Gasteiger partial charge >= 0.3 is 0 Å². The van der Waals surface area contributed by atoms with Gasteiger partial charge in [0.1, 0.15) is 5.82 Å². The Bertz CT molecular complexity index is 1440. The first-order chi connectivity index (χ1) is 17.1. The summed E-state index contributed by atoms with van der Waals surface area (Å²) in [4.78, 5) is 9.53. The third-order valence-electron chi connectivity index (χ3n) is 6.56. The van der Waals surface area contributed by atoms with Crippen molar-refractivity contribution in [1.29, 1.82) is 0 Å². The lowest BCUT2D eigenvalue weighted by Gasteiger charge is -2.17. The van der Waals surface area contributed by atoms with E-state index in [2.05, 4.69) is 15.6 Å². The number of hydrogen-bond acceptors (Lipinski definition) is 8. The molecular formula is C26H31N4O4PS. The fourth-order valence-corrected chi connectivity index (χ4v) is 7.12. The highest BCUT2D eigenvalue weighted by Crippen LogP contribution is 2.55. The summed E-state index contributed by atoms with van der Waals surface area (Å²) in [5.41, 5.74) is 3.23. The third-order valence-corrected chi connectivity index (χ3v) is 10.5. The molecule has 190 valence electrons. The van der Waals surface area contributed by atoms with E-state index >= 15 is 0 Å². The molecule has 2 aliphatic rings. The van der Waals surface area contributed by atoms with Gasteiger partial charge in [0.15, 0.2) is 9.84 Å². The molecule has 36 heavy (non-hydrogen) atoms. The highest BCUT2D eigenvalue weighted by atomic mass is 32.2. The fourth-order valence-electron chi connectivity index (χ4n) is 4.34. The molecule has 0 spiro atoms. The Labute approximate surface area is 212 Å². The maximum Gasteiger partial charge on any atom is 0.229 e. The van der Waals surface area contributed by atoms with Gasteiger partial charge in [0.25, 0.3) is 0 Å². The molecule has 1 saturated heterocycles. The van der Waals surface area contributed by atoms with E-state index in [0.29, 0.717) is 29.5 Å². The standard InChI is InChI=1S/C26H31N4O4PS/c1-17(2)36(32,33)24-10-5-4-9-22(24)29-25-21(18-11-12-18)16-27-26(30-25)28-20-8-6-7-19(15-20)23-13-14-35(3,31)34-23/h4-10,15-18,23H,11-14H2,1-3H3,(H2,27,28,29,30). The Morgan fingerprint density at radius 2 is 1.83 bits per heavy atom. The monoisotopic (exact) mass is 526 g/mol. The lowest BCUT2D eigenvalue weighted by molar-refractivity contribution is 0.240. The van der Waals surface area contributed by atoms with Gasteiger partial charge in [-0.05, 0) is 68.9 Å². The molecule has 2 unspecified atom stereocenters. The normalized spacial score (nSPS) is 22.1. The molecule has 8 nitrogen and oxygen atoms in total. The van der Waals surface area contributed by atoms with E-state index in [0.717, 1.165) is 36.1 Å². The Morgan fingerprint density at radius 1 is 1.06 bits per heavy atom. The van der Waals surface area contributed by atoms with Crippen molar-refractivity contribution >= 4 is 40.3 Å². The van der Waals surface area contributed by atoms with Crippen LogP contribution in [-0.2, 0) is 18.9 Å². The zero-order valence-corrected chi connectivity index (χ0v) is 22.4. The number of anilines is 4. The third kappa shape index (κ3) is 5.33. The van der Waals surface area contributed by atoms with Crippen LogP contribution < -0.4 is 10.6 Å². The highest BCUT2D eigenvalue weighted by Gasteiger charge is 2.32. The van der Waals surface area contributed by atoms with E-state index in [1.807, 2.05) is 36.5 Å². The quantitative estimate of drug-likeness (QED) is 0.325. The second-order valence-electron chi connectivity index (χ2n) is 9.86. The number of hydrogen-bond donors (Lipinski definition) is 2. The summed E-state index contributed by atoms with van der Waals surface area (Å²) in [5, 5.41) is 6.01. The first kappa shape index (κ1) is 24.9. The SMILES string of the molecule is CC(C)S(=O)(=O)c1ccccc1Nc1nc(Nc2cccc(C3CCP(C)(=O)O3)c2)ncc1C1CC1. The Kier molecular flexibility index (Phi) is 6.66. The number of nitrogens with one attached hydrogen (secondary N) is 2. The molecule has 1 saturated carbocycles. The van der Waals surface area contributed by atoms with Crippen LogP contribution in [0.3, 0.4) is 0 Å².